The van der Waals surface area contributed by atoms with Crippen molar-refractivity contribution in [3.8, 4) is 0 Å². The minimum atomic E-state index is -2.77. The number of ether oxygens (including phenoxy) is 1. The van der Waals surface area contributed by atoms with E-state index in [1.54, 1.807) is 0 Å². The zero-order chi connectivity index (χ0) is 15.7. The van der Waals surface area contributed by atoms with Crippen LogP contribution in [0.3, 0.4) is 0 Å². The highest BCUT2D eigenvalue weighted by Crippen LogP contribution is 2.29. The second kappa shape index (κ2) is 6.08. The van der Waals surface area contributed by atoms with Crippen LogP contribution in [0.15, 0.2) is 18.2 Å². The van der Waals surface area contributed by atoms with Crippen molar-refractivity contribution in [2.45, 2.75) is 25.9 Å². The number of benzene rings is 1. The van der Waals surface area contributed by atoms with Gasteiger partial charge in [-0.05, 0) is 31.5 Å². The number of alkyl halides is 2. The summed E-state index contributed by atoms with van der Waals surface area (Å²) >= 11 is 0. The second-order valence-corrected chi connectivity index (χ2v) is 5.35. The van der Waals surface area contributed by atoms with Crippen LogP contribution in [0.5, 0.6) is 0 Å². The maximum atomic E-state index is 13.6. The number of rotatable bonds is 2. The van der Waals surface area contributed by atoms with Crippen LogP contribution >= 0.6 is 0 Å². The fourth-order valence-electron chi connectivity index (χ4n) is 2.63. The average Bonchev–Trinajstić information content (AvgIpc) is 2.70. The first kappa shape index (κ1) is 15.0. The van der Waals surface area contributed by atoms with Crippen LogP contribution in [-0.2, 0) is 4.74 Å². The van der Waals surface area contributed by atoms with Crippen LogP contribution in [0, 0.1) is 5.82 Å². The molecule has 1 aromatic carbocycles. The van der Waals surface area contributed by atoms with E-state index in [0.717, 1.165) is 6.42 Å². The van der Waals surface area contributed by atoms with E-state index in [9.17, 15) is 13.2 Å². The van der Waals surface area contributed by atoms with Crippen LogP contribution in [0.2, 0.25) is 0 Å². The molecule has 0 N–H and O–H groups in total. The van der Waals surface area contributed by atoms with E-state index in [0.29, 0.717) is 36.4 Å². The summed E-state index contributed by atoms with van der Waals surface area (Å²) in [6.07, 6.45) is -2.06. The lowest BCUT2D eigenvalue weighted by molar-refractivity contribution is 0.0820. The fraction of sp³-hybridized carbons (Fsp3) is 0.467. The van der Waals surface area contributed by atoms with E-state index < -0.39 is 18.1 Å². The van der Waals surface area contributed by atoms with Crippen molar-refractivity contribution >= 4 is 16.7 Å². The Bertz CT molecular complexity index is 680. The molecular formula is C15H16F3N3O. The zero-order valence-electron chi connectivity index (χ0n) is 12.1. The smallest absolute Gasteiger partial charge is 0.297 e. The molecule has 0 amide bonds. The molecule has 22 heavy (non-hydrogen) atoms. The van der Waals surface area contributed by atoms with Gasteiger partial charge in [-0.1, -0.05) is 0 Å². The van der Waals surface area contributed by atoms with Gasteiger partial charge in [-0.25, -0.2) is 23.1 Å². The van der Waals surface area contributed by atoms with Gasteiger partial charge >= 0.3 is 0 Å². The number of nitrogens with zero attached hydrogens (tertiary/aromatic N) is 3. The number of halogens is 3. The van der Waals surface area contributed by atoms with Gasteiger partial charge in [0, 0.05) is 25.1 Å². The van der Waals surface area contributed by atoms with Gasteiger partial charge in [0.2, 0.25) is 0 Å². The Morgan fingerprint density at radius 1 is 1.32 bits per heavy atom. The van der Waals surface area contributed by atoms with E-state index in [2.05, 4.69) is 9.97 Å². The molecule has 1 aromatic heterocycles. The average molecular weight is 311 g/mol. The lowest BCUT2D eigenvalue weighted by atomic mass is 10.2. The number of hydrogen-bond donors (Lipinski definition) is 0. The van der Waals surface area contributed by atoms with Gasteiger partial charge in [-0.3, -0.25) is 0 Å². The van der Waals surface area contributed by atoms with Crippen molar-refractivity contribution in [2.75, 3.05) is 24.6 Å². The predicted octanol–water partition coefficient (Wildman–Crippen LogP) is 3.32. The molecule has 0 unspecified atom stereocenters. The van der Waals surface area contributed by atoms with E-state index in [1.165, 1.54) is 18.2 Å². The van der Waals surface area contributed by atoms with E-state index in [1.807, 2.05) is 11.8 Å². The van der Waals surface area contributed by atoms with Gasteiger partial charge < -0.3 is 9.64 Å². The lowest BCUT2D eigenvalue weighted by Crippen LogP contribution is -2.31. The van der Waals surface area contributed by atoms with Crippen molar-refractivity contribution in [1.82, 2.24) is 9.97 Å². The van der Waals surface area contributed by atoms with Crippen LogP contribution in [0.4, 0.5) is 19.0 Å². The first-order chi connectivity index (χ1) is 10.5. The van der Waals surface area contributed by atoms with Crippen molar-refractivity contribution < 1.29 is 17.9 Å². The summed E-state index contributed by atoms with van der Waals surface area (Å²) in [5.74, 6) is -0.634. The van der Waals surface area contributed by atoms with Crippen molar-refractivity contribution in [3.05, 3.63) is 29.8 Å². The molecule has 3 rings (SSSR count). The largest absolute Gasteiger partial charge is 0.377 e. The molecule has 0 radical (unpaired) electrons. The van der Waals surface area contributed by atoms with Gasteiger partial charge in [0.25, 0.3) is 6.43 Å². The molecule has 1 aliphatic heterocycles. The Kier molecular flexibility index (Phi) is 4.15. The quantitative estimate of drug-likeness (QED) is 0.853. The van der Waals surface area contributed by atoms with Gasteiger partial charge in [0.1, 0.15) is 11.6 Å². The molecule has 0 spiro atoms. The normalized spacial score (nSPS) is 19.7. The molecule has 1 aliphatic rings. The molecule has 118 valence electrons. The minimum absolute atomic E-state index is 0.0453. The summed E-state index contributed by atoms with van der Waals surface area (Å²) in [6.45, 7) is 3.66. The Labute approximate surface area is 125 Å². The predicted molar refractivity (Wildman–Crippen MR) is 76.7 cm³/mol. The van der Waals surface area contributed by atoms with Gasteiger partial charge in [0.05, 0.1) is 11.6 Å². The fourth-order valence-corrected chi connectivity index (χ4v) is 2.63. The monoisotopic (exact) mass is 311 g/mol. The van der Waals surface area contributed by atoms with E-state index in [-0.39, 0.29) is 6.10 Å². The number of aromatic nitrogens is 2. The molecule has 4 nitrogen and oxygen atoms in total. The number of anilines is 1. The van der Waals surface area contributed by atoms with Gasteiger partial charge in [-0.15, -0.1) is 0 Å². The summed E-state index contributed by atoms with van der Waals surface area (Å²) in [5, 5.41) is 0.443. The van der Waals surface area contributed by atoms with Crippen LogP contribution < -0.4 is 4.90 Å². The highest BCUT2D eigenvalue weighted by atomic mass is 19.3. The SMILES string of the molecule is C[C@H]1CN(c2nc(C(F)F)nc3ccc(F)cc23)CCCO1. The molecule has 0 saturated carbocycles. The molecule has 2 heterocycles. The maximum Gasteiger partial charge on any atom is 0.297 e. The summed E-state index contributed by atoms with van der Waals surface area (Å²) in [7, 11) is 0. The van der Waals surface area contributed by atoms with Crippen molar-refractivity contribution in [2.24, 2.45) is 0 Å². The third kappa shape index (κ3) is 2.99. The topological polar surface area (TPSA) is 38.2 Å². The standard InChI is InChI=1S/C15H16F3N3O/c1-9-8-21(5-2-6-22-9)15-11-7-10(16)3-4-12(11)19-14(20-15)13(17)18/h3-4,7,9,13H,2,5-6,8H2,1H3/t9-/m0/s1. The molecule has 0 aliphatic carbocycles. The van der Waals surface area contributed by atoms with Gasteiger partial charge in [-0.2, -0.15) is 0 Å². The third-order valence-electron chi connectivity index (χ3n) is 3.60. The molecular weight excluding hydrogens is 295 g/mol. The lowest BCUT2D eigenvalue weighted by Gasteiger charge is -2.24. The first-order valence-electron chi connectivity index (χ1n) is 7.16. The summed E-state index contributed by atoms with van der Waals surface area (Å²) in [5.41, 5.74) is 0.319. The Morgan fingerprint density at radius 3 is 2.91 bits per heavy atom. The van der Waals surface area contributed by atoms with Crippen LogP contribution in [0.25, 0.3) is 10.9 Å². The van der Waals surface area contributed by atoms with E-state index in [4.69, 9.17) is 4.74 Å². The molecule has 0 bridgehead atoms. The molecule has 1 fully saturated rings. The number of fused-ring (bicyclic) bond motifs is 1. The number of hydrogen-bond acceptors (Lipinski definition) is 4. The molecule has 2 aromatic rings. The van der Waals surface area contributed by atoms with E-state index >= 15 is 0 Å². The first-order valence-corrected chi connectivity index (χ1v) is 7.16. The Balaban J connectivity index is 2.14. The molecule has 7 heteroatoms. The highest BCUT2D eigenvalue weighted by molar-refractivity contribution is 5.89. The Morgan fingerprint density at radius 2 is 2.14 bits per heavy atom. The molecule has 1 atom stereocenters. The minimum Gasteiger partial charge on any atom is -0.377 e. The van der Waals surface area contributed by atoms with Crippen LogP contribution in [0.1, 0.15) is 25.6 Å². The highest BCUT2D eigenvalue weighted by Gasteiger charge is 2.22. The van der Waals surface area contributed by atoms with Gasteiger partial charge in [0.15, 0.2) is 5.82 Å². The zero-order valence-corrected chi connectivity index (χ0v) is 12.1. The molecule has 1 saturated heterocycles. The summed E-state index contributed by atoms with van der Waals surface area (Å²) in [4.78, 5) is 9.68. The summed E-state index contributed by atoms with van der Waals surface area (Å²) in [6, 6.07) is 3.90. The third-order valence-corrected chi connectivity index (χ3v) is 3.60. The van der Waals surface area contributed by atoms with Crippen LogP contribution in [-0.4, -0.2) is 35.8 Å². The van der Waals surface area contributed by atoms with Crippen molar-refractivity contribution in [1.29, 1.82) is 0 Å². The van der Waals surface area contributed by atoms with Crippen molar-refractivity contribution in [3.63, 3.8) is 0 Å². The maximum absolute atomic E-state index is 13.6. The Hall–Kier alpha value is -1.89. The second-order valence-electron chi connectivity index (χ2n) is 5.35. The summed E-state index contributed by atoms with van der Waals surface area (Å²) < 4.78 is 45.2.